The van der Waals surface area contributed by atoms with E-state index in [2.05, 4.69) is 5.32 Å². The zero-order valence-electron chi connectivity index (χ0n) is 16.6. The van der Waals surface area contributed by atoms with Crippen LogP contribution in [0.5, 0.6) is 0 Å². The quantitative estimate of drug-likeness (QED) is 0.744. The summed E-state index contributed by atoms with van der Waals surface area (Å²) >= 11 is 0. The van der Waals surface area contributed by atoms with Crippen LogP contribution >= 0.6 is 0 Å². The molecule has 8 nitrogen and oxygen atoms in total. The Balaban J connectivity index is 2.22. The van der Waals surface area contributed by atoms with Crippen LogP contribution in [0.4, 0.5) is 4.79 Å². The number of hydrogen-bond donors (Lipinski definition) is 1. The highest BCUT2D eigenvalue weighted by atomic mass is 16.6. The number of carbonyl (C=O) groups excluding carboxylic acids is 4. The van der Waals surface area contributed by atoms with Crippen molar-refractivity contribution in [2.75, 3.05) is 13.2 Å². The molecule has 1 aliphatic heterocycles. The Bertz CT molecular complexity index is 597. The number of nitrogens with zero attached hydrogens (tertiary/aromatic N) is 1. The molecule has 2 aliphatic rings. The van der Waals surface area contributed by atoms with Gasteiger partial charge < -0.3 is 19.7 Å². The SMILES string of the molecule is CCOC(=O)CN1C(=O)C(NC(=O)OC(C)(C)C)CC(=O)C2CCCCC21. The average Bonchev–Trinajstić information content (AvgIpc) is 2.65. The Morgan fingerprint density at radius 2 is 1.85 bits per heavy atom. The lowest BCUT2D eigenvalue weighted by Crippen LogP contribution is -2.53. The van der Waals surface area contributed by atoms with Crippen molar-refractivity contribution < 1.29 is 28.7 Å². The second kappa shape index (κ2) is 8.71. The molecule has 27 heavy (non-hydrogen) atoms. The molecule has 1 heterocycles. The minimum Gasteiger partial charge on any atom is -0.465 e. The van der Waals surface area contributed by atoms with E-state index in [0.29, 0.717) is 12.8 Å². The van der Waals surface area contributed by atoms with E-state index in [1.807, 2.05) is 0 Å². The zero-order valence-corrected chi connectivity index (χ0v) is 16.6. The predicted molar refractivity (Wildman–Crippen MR) is 96.9 cm³/mol. The fraction of sp³-hybridized carbons (Fsp3) is 0.789. The lowest BCUT2D eigenvalue weighted by atomic mass is 9.81. The van der Waals surface area contributed by atoms with Crippen molar-refractivity contribution >= 4 is 23.8 Å². The van der Waals surface area contributed by atoms with Gasteiger partial charge in [0, 0.05) is 18.4 Å². The summed E-state index contributed by atoms with van der Waals surface area (Å²) < 4.78 is 10.2. The predicted octanol–water partition coefficient (Wildman–Crippen LogP) is 1.80. The van der Waals surface area contributed by atoms with Gasteiger partial charge in [-0.15, -0.1) is 0 Å². The normalized spacial score (nSPS) is 26.1. The van der Waals surface area contributed by atoms with Gasteiger partial charge in [-0.05, 0) is 40.5 Å². The Morgan fingerprint density at radius 3 is 2.48 bits per heavy atom. The van der Waals surface area contributed by atoms with Gasteiger partial charge in [0.2, 0.25) is 5.91 Å². The molecule has 3 atom stereocenters. The molecule has 0 aromatic rings. The topological polar surface area (TPSA) is 102 Å². The van der Waals surface area contributed by atoms with Crippen LogP contribution in [0.2, 0.25) is 0 Å². The van der Waals surface area contributed by atoms with Gasteiger partial charge in [0.05, 0.1) is 6.61 Å². The molecule has 0 aromatic carbocycles. The van der Waals surface area contributed by atoms with E-state index in [0.717, 1.165) is 12.8 Å². The molecule has 0 bridgehead atoms. The summed E-state index contributed by atoms with van der Waals surface area (Å²) in [6, 6.07) is -1.36. The largest absolute Gasteiger partial charge is 0.465 e. The van der Waals surface area contributed by atoms with Crippen LogP contribution < -0.4 is 5.32 Å². The summed E-state index contributed by atoms with van der Waals surface area (Å²) in [7, 11) is 0. The first kappa shape index (κ1) is 21.2. The van der Waals surface area contributed by atoms with Crippen LogP contribution in [-0.2, 0) is 23.9 Å². The van der Waals surface area contributed by atoms with Gasteiger partial charge in [0.1, 0.15) is 24.0 Å². The van der Waals surface area contributed by atoms with E-state index in [4.69, 9.17) is 9.47 Å². The molecule has 0 aromatic heterocycles. The molecule has 152 valence electrons. The number of nitrogens with one attached hydrogen (secondary N) is 1. The van der Waals surface area contributed by atoms with Gasteiger partial charge >= 0.3 is 12.1 Å². The monoisotopic (exact) mass is 382 g/mol. The van der Waals surface area contributed by atoms with E-state index >= 15 is 0 Å². The third-order valence-corrected chi connectivity index (χ3v) is 4.83. The number of ketones is 1. The van der Waals surface area contributed by atoms with Crippen LogP contribution in [0.1, 0.15) is 59.8 Å². The molecule has 1 saturated carbocycles. The standard InChI is InChI=1S/C19H30N2O6/c1-5-26-16(23)11-21-14-9-7-6-8-12(14)15(22)10-13(17(21)24)20-18(25)27-19(2,3)4/h12-14H,5-11H2,1-4H3,(H,20,25). The summed E-state index contributed by atoms with van der Waals surface area (Å²) in [5.74, 6) is -1.31. The van der Waals surface area contributed by atoms with Crippen LogP contribution in [-0.4, -0.2) is 59.5 Å². The number of amides is 2. The molecule has 0 spiro atoms. The van der Waals surface area contributed by atoms with Gasteiger partial charge in [-0.1, -0.05) is 12.8 Å². The molecule has 8 heteroatoms. The highest BCUT2D eigenvalue weighted by Crippen LogP contribution is 2.33. The van der Waals surface area contributed by atoms with Gasteiger partial charge in [0.15, 0.2) is 0 Å². The van der Waals surface area contributed by atoms with E-state index < -0.39 is 29.6 Å². The Labute approximate surface area is 159 Å². The summed E-state index contributed by atoms with van der Waals surface area (Å²) in [5.41, 5.74) is -0.722. The van der Waals surface area contributed by atoms with Crippen LogP contribution in [0.3, 0.4) is 0 Å². The maximum absolute atomic E-state index is 13.1. The number of fused-ring (bicyclic) bond motifs is 1. The van der Waals surface area contributed by atoms with Crippen LogP contribution in [0.25, 0.3) is 0 Å². The van der Waals surface area contributed by atoms with Crippen LogP contribution in [0.15, 0.2) is 0 Å². The Hall–Kier alpha value is -2.12. The molecule has 2 amide bonds. The van der Waals surface area contributed by atoms with Crippen molar-refractivity contribution in [1.82, 2.24) is 10.2 Å². The molecular weight excluding hydrogens is 352 g/mol. The number of carbonyl (C=O) groups is 4. The first-order valence-corrected chi connectivity index (χ1v) is 9.60. The highest BCUT2D eigenvalue weighted by molar-refractivity contribution is 5.96. The van der Waals surface area contributed by atoms with Gasteiger partial charge in [-0.25, -0.2) is 4.79 Å². The lowest BCUT2D eigenvalue weighted by Gasteiger charge is -2.37. The van der Waals surface area contributed by atoms with Gasteiger partial charge in [0.25, 0.3) is 0 Å². The third-order valence-electron chi connectivity index (χ3n) is 4.83. The fourth-order valence-electron chi connectivity index (χ4n) is 3.77. The van der Waals surface area contributed by atoms with E-state index in [-0.39, 0.29) is 37.3 Å². The van der Waals surface area contributed by atoms with E-state index in [1.165, 1.54) is 4.90 Å². The maximum atomic E-state index is 13.1. The van der Waals surface area contributed by atoms with Crippen molar-refractivity contribution in [2.24, 2.45) is 5.92 Å². The number of ether oxygens (including phenoxy) is 2. The number of hydrogen-bond acceptors (Lipinski definition) is 6. The summed E-state index contributed by atoms with van der Waals surface area (Å²) in [4.78, 5) is 51.4. The molecule has 1 N–H and O–H groups in total. The van der Waals surface area contributed by atoms with E-state index in [1.54, 1.807) is 27.7 Å². The number of Topliss-reactive ketones (excluding diaryl/α,β-unsaturated/α-hetero) is 1. The van der Waals surface area contributed by atoms with Crippen molar-refractivity contribution in [2.45, 2.75) is 77.5 Å². The van der Waals surface area contributed by atoms with Crippen LogP contribution in [0, 0.1) is 5.92 Å². The lowest BCUT2D eigenvalue weighted by molar-refractivity contribution is -0.152. The first-order valence-electron chi connectivity index (χ1n) is 9.60. The second-order valence-corrected chi connectivity index (χ2v) is 8.10. The Kier molecular flexibility index (Phi) is 6.84. The first-order chi connectivity index (χ1) is 12.6. The van der Waals surface area contributed by atoms with Gasteiger partial charge in [-0.2, -0.15) is 0 Å². The van der Waals surface area contributed by atoms with Crippen molar-refractivity contribution in [1.29, 1.82) is 0 Å². The number of likely N-dealkylation sites (tertiary alicyclic amines) is 1. The number of esters is 1. The van der Waals surface area contributed by atoms with E-state index in [9.17, 15) is 19.2 Å². The van der Waals surface area contributed by atoms with Crippen molar-refractivity contribution in [3.05, 3.63) is 0 Å². The number of rotatable bonds is 4. The average molecular weight is 382 g/mol. The fourth-order valence-corrected chi connectivity index (χ4v) is 3.77. The molecule has 3 unspecified atom stereocenters. The second-order valence-electron chi connectivity index (χ2n) is 8.10. The molecule has 2 fully saturated rings. The smallest absolute Gasteiger partial charge is 0.408 e. The molecule has 1 saturated heterocycles. The Morgan fingerprint density at radius 1 is 1.19 bits per heavy atom. The molecule has 0 radical (unpaired) electrons. The number of alkyl carbamates (subject to hydrolysis) is 1. The zero-order chi connectivity index (χ0) is 20.2. The van der Waals surface area contributed by atoms with Crippen molar-refractivity contribution in [3.8, 4) is 0 Å². The third kappa shape index (κ3) is 5.68. The summed E-state index contributed by atoms with van der Waals surface area (Å²) in [6.45, 7) is 6.85. The molecule has 2 rings (SSSR count). The molecule has 1 aliphatic carbocycles. The highest BCUT2D eigenvalue weighted by Gasteiger charge is 2.45. The minimum absolute atomic E-state index is 0.0551. The summed E-state index contributed by atoms with van der Waals surface area (Å²) in [6.07, 6.45) is 2.33. The minimum atomic E-state index is -1.03. The van der Waals surface area contributed by atoms with Crippen molar-refractivity contribution in [3.63, 3.8) is 0 Å². The summed E-state index contributed by atoms with van der Waals surface area (Å²) in [5, 5.41) is 2.52. The molecular formula is C19H30N2O6. The van der Waals surface area contributed by atoms with Gasteiger partial charge in [-0.3, -0.25) is 14.4 Å². The maximum Gasteiger partial charge on any atom is 0.408 e.